The van der Waals surface area contributed by atoms with Gasteiger partial charge in [-0.3, -0.25) is 14.6 Å². The maximum atomic E-state index is 12.1. The van der Waals surface area contributed by atoms with Gasteiger partial charge < -0.3 is 10.2 Å². The number of carbonyl (C=O) groups is 2. The second kappa shape index (κ2) is 7.45. The molecule has 1 aliphatic heterocycles. The molecule has 1 N–H and O–H groups in total. The highest BCUT2D eigenvalue weighted by atomic mass is 35.5. The molecule has 5 nitrogen and oxygen atoms in total. The van der Waals surface area contributed by atoms with Crippen LogP contribution < -0.4 is 5.32 Å². The van der Waals surface area contributed by atoms with E-state index in [0.717, 1.165) is 12.0 Å². The van der Waals surface area contributed by atoms with Gasteiger partial charge in [-0.1, -0.05) is 23.7 Å². The van der Waals surface area contributed by atoms with Crippen molar-refractivity contribution in [1.82, 2.24) is 15.2 Å². The van der Waals surface area contributed by atoms with Gasteiger partial charge in [0.05, 0.1) is 11.6 Å². The molecule has 2 amide bonds. The Labute approximate surface area is 145 Å². The van der Waals surface area contributed by atoms with Gasteiger partial charge in [-0.2, -0.15) is 0 Å². The van der Waals surface area contributed by atoms with E-state index < -0.39 is 0 Å². The summed E-state index contributed by atoms with van der Waals surface area (Å²) in [5.41, 5.74) is 1.60. The third-order valence-corrected chi connectivity index (χ3v) is 4.27. The molecule has 6 heteroatoms. The molecule has 3 rings (SSSR count). The SMILES string of the molecule is O=C(N[C@H]1CC(=O)N(CCc2cccc(Cl)c2)C1)c1cccnc1. The molecule has 1 aromatic heterocycles. The van der Waals surface area contributed by atoms with Crippen LogP contribution in [0.25, 0.3) is 0 Å². The van der Waals surface area contributed by atoms with Gasteiger partial charge in [-0.05, 0) is 36.2 Å². The largest absolute Gasteiger partial charge is 0.347 e. The van der Waals surface area contributed by atoms with Gasteiger partial charge in [0.15, 0.2) is 0 Å². The Morgan fingerprint density at radius 2 is 2.21 bits per heavy atom. The Kier molecular flexibility index (Phi) is 5.11. The van der Waals surface area contributed by atoms with Gasteiger partial charge in [0.25, 0.3) is 5.91 Å². The van der Waals surface area contributed by atoms with Crippen LogP contribution in [-0.4, -0.2) is 40.8 Å². The van der Waals surface area contributed by atoms with Crippen molar-refractivity contribution < 1.29 is 9.59 Å². The number of nitrogens with one attached hydrogen (secondary N) is 1. The number of pyridine rings is 1. The van der Waals surface area contributed by atoms with Crippen molar-refractivity contribution in [2.45, 2.75) is 18.9 Å². The van der Waals surface area contributed by atoms with E-state index in [4.69, 9.17) is 11.6 Å². The molecule has 0 bridgehead atoms. The summed E-state index contributed by atoms with van der Waals surface area (Å²) in [6.07, 6.45) is 4.22. The summed E-state index contributed by atoms with van der Waals surface area (Å²) in [5, 5.41) is 3.60. The molecule has 0 unspecified atom stereocenters. The summed E-state index contributed by atoms with van der Waals surface area (Å²) in [7, 11) is 0. The molecular formula is C18H18ClN3O2. The van der Waals surface area contributed by atoms with Gasteiger partial charge in [0.2, 0.25) is 5.91 Å². The fraction of sp³-hybridized carbons (Fsp3) is 0.278. The number of amides is 2. The smallest absolute Gasteiger partial charge is 0.253 e. The summed E-state index contributed by atoms with van der Waals surface area (Å²) in [6, 6.07) is 10.9. The van der Waals surface area contributed by atoms with Crippen molar-refractivity contribution in [3.05, 3.63) is 64.9 Å². The number of nitrogens with zero attached hydrogens (tertiary/aromatic N) is 2. The van der Waals surface area contributed by atoms with Gasteiger partial charge >= 0.3 is 0 Å². The number of benzene rings is 1. The Hall–Kier alpha value is -2.40. The first-order chi connectivity index (χ1) is 11.6. The highest BCUT2D eigenvalue weighted by Gasteiger charge is 2.30. The predicted octanol–water partition coefficient (Wildman–Crippen LogP) is 2.31. The number of hydrogen-bond donors (Lipinski definition) is 1. The maximum Gasteiger partial charge on any atom is 0.253 e. The summed E-state index contributed by atoms with van der Waals surface area (Å²) in [6.45, 7) is 1.16. The zero-order valence-electron chi connectivity index (χ0n) is 13.1. The number of halogens is 1. The third kappa shape index (κ3) is 4.11. The molecule has 0 radical (unpaired) electrons. The number of carbonyl (C=O) groups excluding carboxylic acids is 2. The second-order valence-electron chi connectivity index (χ2n) is 5.84. The molecule has 0 aliphatic carbocycles. The van der Waals surface area contributed by atoms with Crippen molar-refractivity contribution in [3.8, 4) is 0 Å². The van der Waals surface area contributed by atoms with Crippen molar-refractivity contribution in [1.29, 1.82) is 0 Å². The predicted molar refractivity (Wildman–Crippen MR) is 91.8 cm³/mol. The van der Waals surface area contributed by atoms with E-state index in [1.807, 2.05) is 24.3 Å². The van der Waals surface area contributed by atoms with E-state index in [1.165, 1.54) is 6.20 Å². The van der Waals surface area contributed by atoms with E-state index in [9.17, 15) is 9.59 Å². The highest BCUT2D eigenvalue weighted by Crippen LogP contribution is 2.15. The lowest BCUT2D eigenvalue weighted by Crippen LogP contribution is -2.37. The van der Waals surface area contributed by atoms with Crippen molar-refractivity contribution in [2.24, 2.45) is 0 Å². The summed E-state index contributed by atoms with van der Waals surface area (Å²) in [4.78, 5) is 30.0. The normalized spacial score (nSPS) is 17.1. The van der Waals surface area contributed by atoms with Crippen LogP contribution in [-0.2, 0) is 11.2 Å². The van der Waals surface area contributed by atoms with Crippen LogP contribution >= 0.6 is 11.6 Å². The zero-order chi connectivity index (χ0) is 16.9. The topological polar surface area (TPSA) is 62.3 Å². The molecule has 1 aliphatic rings. The number of hydrogen-bond acceptors (Lipinski definition) is 3. The maximum absolute atomic E-state index is 12.1. The van der Waals surface area contributed by atoms with Crippen LogP contribution in [0.4, 0.5) is 0 Å². The number of likely N-dealkylation sites (tertiary alicyclic amines) is 1. The summed E-state index contributed by atoms with van der Waals surface area (Å²) >= 11 is 5.97. The fourth-order valence-electron chi connectivity index (χ4n) is 2.81. The highest BCUT2D eigenvalue weighted by molar-refractivity contribution is 6.30. The van der Waals surface area contributed by atoms with Gasteiger partial charge in [-0.15, -0.1) is 0 Å². The quantitative estimate of drug-likeness (QED) is 0.906. The van der Waals surface area contributed by atoms with Gasteiger partial charge in [0.1, 0.15) is 0 Å². The molecule has 0 spiro atoms. The average molecular weight is 344 g/mol. The van der Waals surface area contributed by atoms with E-state index in [2.05, 4.69) is 10.3 Å². The minimum atomic E-state index is -0.197. The van der Waals surface area contributed by atoms with E-state index in [-0.39, 0.29) is 17.9 Å². The minimum absolute atomic E-state index is 0.0634. The van der Waals surface area contributed by atoms with Crippen molar-refractivity contribution in [3.63, 3.8) is 0 Å². The van der Waals surface area contributed by atoms with Crippen LogP contribution in [0.3, 0.4) is 0 Å². The van der Waals surface area contributed by atoms with Gasteiger partial charge in [-0.25, -0.2) is 0 Å². The Bertz CT molecular complexity index is 736. The van der Waals surface area contributed by atoms with Crippen LogP contribution in [0.1, 0.15) is 22.3 Å². The van der Waals surface area contributed by atoms with Crippen molar-refractivity contribution >= 4 is 23.4 Å². The van der Waals surface area contributed by atoms with Crippen LogP contribution in [0, 0.1) is 0 Å². The van der Waals surface area contributed by atoms with E-state index >= 15 is 0 Å². The lowest BCUT2D eigenvalue weighted by Gasteiger charge is -2.17. The first-order valence-electron chi connectivity index (χ1n) is 7.85. The molecular weight excluding hydrogens is 326 g/mol. The summed E-state index contributed by atoms with van der Waals surface area (Å²) in [5.74, 6) is -0.133. The molecule has 1 fully saturated rings. The fourth-order valence-corrected chi connectivity index (χ4v) is 3.02. The Morgan fingerprint density at radius 3 is 2.96 bits per heavy atom. The average Bonchev–Trinajstić information content (AvgIpc) is 2.93. The number of aromatic nitrogens is 1. The van der Waals surface area contributed by atoms with E-state index in [0.29, 0.717) is 30.1 Å². The third-order valence-electron chi connectivity index (χ3n) is 4.03. The summed E-state index contributed by atoms with van der Waals surface area (Å²) < 4.78 is 0. The van der Waals surface area contributed by atoms with Crippen molar-refractivity contribution in [2.75, 3.05) is 13.1 Å². The monoisotopic (exact) mass is 343 g/mol. The standard InChI is InChI=1S/C18H18ClN3O2/c19-15-5-1-3-13(9-15)6-8-22-12-16(10-17(22)23)21-18(24)14-4-2-7-20-11-14/h1-5,7,9,11,16H,6,8,10,12H2,(H,21,24)/t16-/m0/s1. The lowest BCUT2D eigenvalue weighted by molar-refractivity contribution is -0.127. The zero-order valence-corrected chi connectivity index (χ0v) is 13.9. The van der Waals surface area contributed by atoms with Crippen LogP contribution in [0.2, 0.25) is 5.02 Å². The molecule has 0 saturated carbocycles. The molecule has 1 atom stereocenters. The molecule has 1 aromatic carbocycles. The molecule has 124 valence electrons. The van der Waals surface area contributed by atoms with E-state index in [1.54, 1.807) is 23.2 Å². The first-order valence-corrected chi connectivity index (χ1v) is 8.23. The van der Waals surface area contributed by atoms with Gasteiger partial charge in [0, 0.05) is 36.9 Å². The molecule has 1 saturated heterocycles. The molecule has 24 heavy (non-hydrogen) atoms. The van der Waals surface area contributed by atoms with Crippen LogP contribution in [0.5, 0.6) is 0 Å². The molecule has 2 heterocycles. The Morgan fingerprint density at radius 1 is 1.33 bits per heavy atom. The Balaban J connectivity index is 1.53. The first kappa shape index (κ1) is 16.5. The second-order valence-corrected chi connectivity index (χ2v) is 6.27. The lowest BCUT2D eigenvalue weighted by atomic mass is 10.1. The number of rotatable bonds is 5. The minimum Gasteiger partial charge on any atom is -0.347 e. The van der Waals surface area contributed by atoms with Crippen LogP contribution in [0.15, 0.2) is 48.8 Å². The molecule has 2 aromatic rings.